The second kappa shape index (κ2) is 6.73. The van der Waals surface area contributed by atoms with Gasteiger partial charge in [0.25, 0.3) is 0 Å². The van der Waals surface area contributed by atoms with Crippen LogP contribution in [-0.4, -0.2) is 10.9 Å². The Kier molecular flexibility index (Phi) is 4.71. The Labute approximate surface area is 145 Å². The molecule has 3 rings (SSSR count). The number of aromatic nitrogens is 1. The SMILES string of the molecule is Cc1ccc(NC(=O)Cc2csc(-c3ccsc3)n2)c(Br)c1. The van der Waals surface area contributed by atoms with Gasteiger partial charge in [-0.05, 0) is 52.0 Å². The lowest BCUT2D eigenvalue weighted by Gasteiger charge is -2.07. The number of nitrogens with one attached hydrogen (secondary N) is 1. The molecule has 1 N–H and O–H groups in total. The first-order valence-corrected chi connectivity index (χ1v) is 9.26. The zero-order chi connectivity index (χ0) is 15.5. The van der Waals surface area contributed by atoms with Crippen LogP contribution < -0.4 is 5.32 Å². The molecule has 0 spiro atoms. The maximum Gasteiger partial charge on any atom is 0.230 e. The van der Waals surface area contributed by atoms with Gasteiger partial charge in [0.1, 0.15) is 5.01 Å². The van der Waals surface area contributed by atoms with Crippen LogP contribution in [0.1, 0.15) is 11.3 Å². The second-order valence-corrected chi connectivity index (χ2v) is 7.36. The van der Waals surface area contributed by atoms with E-state index in [0.717, 1.165) is 32.0 Å². The summed E-state index contributed by atoms with van der Waals surface area (Å²) in [6.45, 7) is 2.01. The summed E-state index contributed by atoms with van der Waals surface area (Å²) in [7, 11) is 0. The molecule has 0 aliphatic heterocycles. The Balaban J connectivity index is 1.67. The molecule has 3 nitrogen and oxygen atoms in total. The van der Waals surface area contributed by atoms with Gasteiger partial charge in [0.15, 0.2) is 0 Å². The summed E-state index contributed by atoms with van der Waals surface area (Å²) in [6.07, 6.45) is 0.279. The molecule has 0 saturated heterocycles. The highest BCUT2D eigenvalue weighted by molar-refractivity contribution is 9.10. The van der Waals surface area contributed by atoms with Crippen molar-refractivity contribution in [3.05, 3.63) is 56.1 Å². The number of carbonyl (C=O) groups is 1. The van der Waals surface area contributed by atoms with Crippen molar-refractivity contribution in [2.45, 2.75) is 13.3 Å². The summed E-state index contributed by atoms with van der Waals surface area (Å²) in [6, 6.07) is 7.89. The third kappa shape index (κ3) is 3.63. The highest BCUT2D eigenvalue weighted by Crippen LogP contribution is 2.26. The fraction of sp³-hybridized carbons (Fsp3) is 0.125. The molecule has 2 heterocycles. The van der Waals surface area contributed by atoms with E-state index in [2.05, 4.69) is 31.6 Å². The van der Waals surface area contributed by atoms with E-state index >= 15 is 0 Å². The first-order chi connectivity index (χ1) is 10.6. The summed E-state index contributed by atoms with van der Waals surface area (Å²) >= 11 is 6.68. The average Bonchev–Trinajstić information content (AvgIpc) is 3.12. The van der Waals surface area contributed by atoms with E-state index in [9.17, 15) is 4.79 Å². The van der Waals surface area contributed by atoms with Crippen LogP contribution in [0.15, 0.2) is 44.9 Å². The molecule has 0 aliphatic rings. The van der Waals surface area contributed by atoms with Crippen molar-refractivity contribution in [3.8, 4) is 10.6 Å². The van der Waals surface area contributed by atoms with E-state index in [1.165, 1.54) is 0 Å². The minimum absolute atomic E-state index is 0.0632. The molecule has 0 saturated carbocycles. The highest BCUT2D eigenvalue weighted by Gasteiger charge is 2.11. The number of hydrogen-bond donors (Lipinski definition) is 1. The van der Waals surface area contributed by atoms with Gasteiger partial charge < -0.3 is 5.32 Å². The van der Waals surface area contributed by atoms with Crippen molar-refractivity contribution in [1.82, 2.24) is 4.98 Å². The first kappa shape index (κ1) is 15.4. The van der Waals surface area contributed by atoms with Gasteiger partial charge in [0.2, 0.25) is 5.91 Å². The molecule has 0 unspecified atom stereocenters. The van der Waals surface area contributed by atoms with Crippen LogP contribution in [0, 0.1) is 6.92 Å². The molecule has 0 atom stereocenters. The van der Waals surface area contributed by atoms with E-state index in [1.54, 1.807) is 22.7 Å². The molecule has 0 bridgehead atoms. The zero-order valence-corrected chi connectivity index (χ0v) is 15.0. The maximum atomic E-state index is 12.1. The molecular formula is C16H13BrN2OS2. The van der Waals surface area contributed by atoms with E-state index in [1.807, 2.05) is 41.9 Å². The number of anilines is 1. The molecule has 0 fully saturated rings. The summed E-state index contributed by atoms with van der Waals surface area (Å²) in [5, 5.41) is 9.90. The number of benzene rings is 1. The van der Waals surface area contributed by atoms with E-state index in [-0.39, 0.29) is 12.3 Å². The molecule has 1 aromatic carbocycles. The Bertz CT molecular complexity index is 796. The molecule has 112 valence electrons. The standard InChI is InChI=1S/C16H13BrN2OS2/c1-10-2-3-14(13(17)6-10)19-15(20)7-12-9-22-16(18-12)11-4-5-21-8-11/h2-6,8-9H,7H2,1H3,(H,19,20). The van der Waals surface area contributed by atoms with Crippen molar-refractivity contribution >= 4 is 50.2 Å². The third-order valence-electron chi connectivity index (χ3n) is 3.06. The fourth-order valence-electron chi connectivity index (χ4n) is 1.99. The second-order valence-electron chi connectivity index (χ2n) is 4.86. The largest absolute Gasteiger partial charge is 0.325 e. The van der Waals surface area contributed by atoms with Gasteiger partial charge in [0, 0.05) is 20.8 Å². The van der Waals surface area contributed by atoms with Crippen LogP contribution in [0.4, 0.5) is 5.69 Å². The Hall–Kier alpha value is -1.50. The quantitative estimate of drug-likeness (QED) is 0.668. The number of halogens is 1. The van der Waals surface area contributed by atoms with Gasteiger partial charge in [-0.25, -0.2) is 4.98 Å². The lowest BCUT2D eigenvalue weighted by Crippen LogP contribution is -2.15. The van der Waals surface area contributed by atoms with Gasteiger partial charge in [-0.3, -0.25) is 4.79 Å². The molecular weight excluding hydrogens is 380 g/mol. The zero-order valence-electron chi connectivity index (χ0n) is 11.8. The molecule has 22 heavy (non-hydrogen) atoms. The number of thiazole rings is 1. The lowest BCUT2D eigenvalue weighted by atomic mass is 10.2. The maximum absolute atomic E-state index is 12.1. The molecule has 0 aliphatic carbocycles. The van der Waals surface area contributed by atoms with Crippen molar-refractivity contribution in [1.29, 1.82) is 0 Å². The molecule has 2 aromatic heterocycles. The van der Waals surface area contributed by atoms with E-state index in [0.29, 0.717) is 0 Å². The predicted molar refractivity (Wildman–Crippen MR) is 96.6 cm³/mol. The van der Waals surface area contributed by atoms with Crippen molar-refractivity contribution < 1.29 is 4.79 Å². The third-order valence-corrected chi connectivity index (χ3v) is 5.34. The Morgan fingerprint density at radius 3 is 2.91 bits per heavy atom. The normalized spacial score (nSPS) is 10.6. The van der Waals surface area contributed by atoms with Gasteiger partial charge in [-0.2, -0.15) is 11.3 Å². The summed E-state index contributed by atoms with van der Waals surface area (Å²) < 4.78 is 0.887. The monoisotopic (exact) mass is 392 g/mol. The fourth-order valence-corrected chi connectivity index (χ4v) is 4.11. The molecule has 3 aromatic rings. The van der Waals surface area contributed by atoms with Crippen molar-refractivity contribution in [2.24, 2.45) is 0 Å². The van der Waals surface area contributed by atoms with Gasteiger partial charge in [0.05, 0.1) is 17.8 Å². The van der Waals surface area contributed by atoms with Crippen LogP contribution in [-0.2, 0) is 11.2 Å². The Morgan fingerprint density at radius 1 is 1.32 bits per heavy atom. The smallest absolute Gasteiger partial charge is 0.230 e. The number of thiophene rings is 1. The lowest BCUT2D eigenvalue weighted by molar-refractivity contribution is -0.115. The van der Waals surface area contributed by atoms with Crippen LogP contribution in [0.2, 0.25) is 0 Å². The molecule has 1 amide bonds. The first-order valence-electron chi connectivity index (χ1n) is 6.65. The average molecular weight is 393 g/mol. The van der Waals surface area contributed by atoms with Gasteiger partial charge in [-0.1, -0.05) is 6.07 Å². The Morgan fingerprint density at radius 2 is 2.18 bits per heavy atom. The highest BCUT2D eigenvalue weighted by atomic mass is 79.9. The van der Waals surface area contributed by atoms with Gasteiger partial charge >= 0.3 is 0 Å². The predicted octanol–water partition coefficient (Wildman–Crippen LogP) is 5.12. The molecule has 0 radical (unpaired) electrons. The van der Waals surface area contributed by atoms with Crippen LogP contribution in [0.5, 0.6) is 0 Å². The van der Waals surface area contributed by atoms with Crippen LogP contribution >= 0.6 is 38.6 Å². The summed E-state index contributed by atoms with van der Waals surface area (Å²) in [4.78, 5) is 16.7. The van der Waals surface area contributed by atoms with Gasteiger partial charge in [-0.15, -0.1) is 11.3 Å². The number of aryl methyl sites for hydroxylation is 1. The van der Waals surface area contributed by atoms with Crippen molar-refractivity contribution in [3.63, 3.8) is 0 Å². The molecule has 6 heteroatoms. The number of nitrogens with zero attached hydrogens (tertiary/aromatic N) is 1. The topological polar surface area (TPSA) is 42.0 Å². The number of rotatable bonds is 4. The van der Waals surface area contributed by atoms with E-state index in [4.69, 9.17) is 0 Å². The van der Waals surface area contributed by atoms with E-state index < -0.39 is 0 Å². The number of amides is 1. The van der Waals surface area contributed by atoms with Crippen LogP contribution in [0.25, 0.3) is 10.6 Å². The minimum atomic E-state index is -0.0632. The van der Waals surface area contributed by atoms with Crippen molar-refractivity contribution in [2.75, 3.05) is 5.32 Å². The minimum Gasteiger partial charge on any atom is -0.325 e. The number of hydrogen-bond acceptors (Lipinski definition) is 4. The van der Waals surface area contributed by atoms with Crippen LogP contribution in [0.3, 0.4) is 0 Å². The summed E-state index contributed by atoms with van der Waals surface area (Å²) in [5.74, 6) is -0.0632. The number of carbonyl (C=O) groups excluding carboxylic acids is 1. The summed E-state index contributed by atoms with van der Waals surface area (Å²) in [5.41, 5.74) is 3.84.